The molecule has 1 aliphatic heterocycles. The number of carbonyl (C=O) groups excluding carboxylic acids is 1. The van der Waals surface area contributed by atoms with Crippen LogP contribution in [0, 0.1) is 0 Å². The van der Waals surface area contributed by atoms with E-state index in [0.29, 0.717) is 11.7 Å². The number of rotatable bonds is 3. The zero-order valence-corrected chi connectivity index (χ0v) is 11.8. The lowest BCUT2D eigenvalue weighted by Gasteiger charge is -2.32. The van der Waals surface area contributed by atoms with Crippen LogP contribution < -0.4 is 10.2 Å². The summed E-state index contributed by atoms with van der Waals surface area (Å²) in [6.45, 7) is 2.06. The maximum atomic E-state index is 11.7. The van der Waals surface area contributed by atoms with Gasteiger partial charge in [0.1, 0.15) is 0 Å². The Labute approximate surface area is 113 Å². The highest BCUT2D eigenvalue weighted by atomic mass is 16.2. The molecular weight excluding hydrogens is 242 g/mol. The maximum absolute atomic E-state index is 11.7. The molecule has 1 saturated heterocycles. The third kappa shape index (κ3) is 3.20. The number of anilines is 1. The van der Waals surface area contributed by atoms with Gasteiger partial charge in [0.05, 0.1) is 0 Å². The van der Waals surface area contributed by atoms with Gasteiger partial charge in [-0.1, -0.05) is 0 Å². The first-order valence-corrected chi connectivity index (χ1v) is 6.58. The van der Waals surface area contributed by atoms with Gasteiger partial charge in [-0.05, 0) is 31.5 Å². The lowest BCUT2D eigenvalue weighted by Crippen LogP contribution is -2.44. The van der Waals surface area contributed by atoms with Gasteiger partial charge in [0.2, 0.25) is 0 Å². The molecule has 1 atom stereocenters. The van der Waals surface area contributed by atoms with Crippen LogP contribution in [-0.4, -0.2) is 61.3 Å². The number of hydrogen-bond donors (Lipinski definition) is 1. The number of aromatic nitrogens is 2. The Bertz CT molecular complexity index is 425. The van der Waals surface area contributed by atoms with E-state index >= 15 is 0 Å². The first kappa shape index (κ1) is 13.7. The van der Waals surface area contributed by atoms with Crippen LogP contribution in [-0.2, 0) is 0 Å². The largest absolute Gasteiger partial charge is 0.354 e. The quantitative estimate of drug-likeness (QED) is 0.853. The van der Waals surface area contributed by atoms with Crippen molar-refractivity contribution in [3.8, 4) is 0 Å². The monoisotopic (exact) mass is 263 g/mol. The van der Waals surface area contributed by atoms with Crippen LogP contribution in [0.1, 0.15) is 23.3 Å². The van der Waals surface area contributed by atoms with Gasteiger partial charge >= 0.3 is 0 Å². The predicted octanol–water partition coefficient (Wildman–Crippen LogP) is 0.367. The summed E-state index contributed by atoms with van der Waals surface area (Å²) in [5.74, 6) is 0.685. The molecule has 0 aliphatic carbocycles. The summed E-state index contributed by atoms with van der Waals surface area (Å²) < 4.78 is 0. The fourth-order valence-corrected chi connectivity index (χ4v) is 2.21. The van der Waals surface area contributed by atoms with Crippen molar-refractivity contribution in [1.29, 1.82) is 0 Å². The molecule has 6 nitrogen and oxygen atoms in total. The molecule has 0 radical (unpaired) electrons. The van der Waals surface area contributed by atoms with Crippen LogP contribution in [0.4, 0.5) is 5.82 Å². The van der Waals surface area contributed by atoms with E-state index in [2.05, 4.69) is 20.4 Å². The summed E-state index contributed by atoms with van der Waals surface area (Å²) in [5, 5.41) is 11.5. The molecule has 1 aliphatic rings. The van der Waals surface area contributed by atoms with E-state index in [-0.39, 0.29) is 5.91 Å². The molecule has 1 unspecified atom stereocenters. The van der Waals surface area contributed by atoms with Crippen molar-refractivity contribution in [2.45, 2.75) is 18.9 Å². The number of piperidine rings is 1. The highest BCUT2D eigenvalue weighted by Crippen LogP contribution is 2.16. The van der Waals surface area contributed by atoms with Crippen molar-refractivity contribution < 1.29 is 4.79 Å². The highest BCUT2D eigenvalue weighted by molar-refractivity contribution is 5.91. The molecule has 1 aromatic heterocycles. The Hall–Kier alpha value is -1.69. The SMILES string of the molecule is CN(C)C(=O)c1ccc(N(C)C2CCCNC2)nn1. The van der Waals surface area contributed by atoms with Gasteiger partial charge in [0, 0.05) is 33.7 Å². The van der Waals surface area contributed by atoms with Gasteiger partial charge in [0.25, 0.3) is 5.91 Å². The van der Waals surface area contributed by atoms with E-state index < -0.39 is 0 Å². The number of nitrogens with one attached hydrogen (secondary N) is 1. The van der Waals surface area contributed by atoms with Crippen LogP contribution >= 0.6 is 0 Å². The van der Waals surface area contributed by atoms with Crippen LogP contribution in [0.5, 0.6) is 0 Å². The molecule has 0 aromatic carbocycles. The number of nitrogens with zero attached hydrogens (tertiary/aromatic N) is 4. The first-order valence-electron chi connectivity index (χ1n) is 6.58. The lowest BCUT2D eigenvalue weighted by atomic mass is 10.1. The summed E-state index contributed by atoms with van der Waals surface area (Å²) in [6, 6.07) is 4.04. The molecular formula is C13H21N5O. The first-order chi connectivity index (χ1) is 9.09. The Balaban J connectivity index is 2.07. The van der Waals surface area contributed by atoms with Gasteiger partial charge in [-0.2, -0.15) is 0 Å². The van der Waals surface area contributed by atoms with Crippen LogP contribution in [0.3, 0.4) is 0 Å². The normalized spacial score (nSPS) is 19.0. The number of amides is 1. The van der Waals surface area contributed by atoms with Crippen molar-refractivity contribution in [3.05, 3.63) is 17.8 Å². The van der Waals surface area contributed by atoms with Crippen molar-refractivity contribution >= 4 is 11.7 Å². The van der Waals surface area contributed by atoms with Gasteiger partial charge in [-0.25, -0.2) is 0 Å². The van der Waals surface area contributed by atoms with Gasteiger partial charge in [-0.3, -0.25) is 4.79 Å². The Morgan fingerprint density at radius 3 is 2.63 bits per heavy atom. The van der Waals surface area contributed by atoms with Crippen LogP contribution in [0.15, 0.2) is 12.1 Å². The third-order valence-corrected chi connectivity index (χ3v) is 3.46. The lowest BCUT2D eigenvalue weighted by molar-refractivity contribution is 0.0821. The third-order valence-electron chi connectivity index (χ3n) is 3.46. The summed E-state index contributed by atoms with van der Waals surface area (Å²) in [4.78, 5) is 15.4. The van der Waals surface area contributed by atoms with Crippen molar-refractivity contribution in [3.63, 3.8) is 0 Å². The number of carbonyl (C=O) groups is 1. The van der Waals surface area contributed by atoms with E-state index in [4.69, 9.17) is 0 Å². The number of likely N-dealkylation sites (N-methyl/N-ethyl adjacent to an activating group) is 1. The van der Waals surface area contributed by atoms with Crippen LogP contribution in [0.25, 0.3) is 0 Å². The van der Waals surface area contributed by atoms with E-state index in [1.807, 2.05) is 13.1 Å². The smallest absolute Gasteiger partial charge is 0.273 e. The maximum Gasteiger partial charge on any atom is 0.273 e. The average Bonchev–Trinajstić information content (AvgIpc) is 2.46. The molecule has 1 fully saturated rings. The zero-order chi connectivity index (χ0) is 13.8. The van der Waals surface area contributed by atoms with Crippen molar-refractivity contribution in [2.24, 2.45) is 0 Å². The fourth-order valence-electron chi connectivity index (χ4n) is 2.21. The van der Waals surface area contributed by atoms with Crippen molar-refractivity contribution in [1.82, 2.24) is 20.4 Å². The highest BCUT2D eigenvalue weighted by Gasteiger charge is 2.19. The second kappa shape index (κ2) is 5.97. The minimum absolute atomic E-state index is 0.124. The topological polar surface area (TPSA) is 61.4 Å². The molecule has 6 heteroatoms. The summed E-state index contributed by atoms with van der Waals surface area (Å²) in [7, 11) is 5.44. The van der Waals surface area contributed by atoms with E-state index in [1.54, 1.807) is 20.2 Å². The summed E-state index contributed by atoms with van der Waals surface area (Å²) in [6.07, 6.45) is 2.34. The molecule has 0 saturated carbocycles. The van der Waals surface area contributed by atoms with Gasteiger partial charge < -0.3 is 15.1 Å². The Morgan fingerprint density at radius 2 is 2.11 bits per heavy atom. The second-order valence-corrected chi connectivity index (χ2v) is 5.09. The van der Waals surface area contributed by atoms with E-state index in [9.17, 15) is 4.79 Å². The molecule has 1 amide bonds. The summed E-state index contributed by atoms with van der Waals surface area (Å²) in [5.41, 5.74) is 0.379. The molecule has 104 valence electrons. The molecule has 0 bridgehead atoms. The number of hydrogen-bond acceptors (Lipinski definition) is 5. The molecule has 19 heavy (non-hydrogen) atoms. The molecule has 2 heterocycles. The van der Waals surface area contributed by atoms with Crippen LogP contribution in [0.2, 0.25) is 0 Å². The standard InChI is InChI=1S/C13H21N5O/c1-17(2)13(19)11-6-7-12(16-15-11)18(3)10-5-4-8-14-9-10/h6-7,10,14H,4-5,8-9H2,1-3H3. The Kier molecular flexibility index (Phi) is 4.31. The average molecular weight is 263 g/mol. The zero-order valence-electron chi connectivity index (χ0n) is 11.8. The van der Waals surface area contributed by atoms with Gasteiger partial charge in [-0.15, -0.1) is 10.2 Å². The van der Waals surface area contributed by atoms with E-state index in [1.165, 1.54) is 11.3 Å². The molecule has 1 N–H and O–H groups in total. The second-order valence-electron chi connectivity index (χ2n) is 5.09. The molecule has 1 aromatic rings. The van der Waals surface area contributed by atoms with E-state index in [0.717, 1.165) is 25.3 Å². The van der Waals surface area contributed by atoms with Crippen molar-refractivity contribution in [2.75, 3.05) is 39.1 Å². The molecule has 0 spiro atoms. The van der Waals surface area contributed by atoms with Gasteiger partial charge in [0.15, 0.2) is 11.5 Å². The minimum atomic E-state index is -0.124. The fraction of sp³-hybridized carbons (Fsp3) is 0.615. The summed E-state index contributed by atoms with van der Waals surface area (Å²) >= 11 is 0. The molecule has 2 rings (SSSR count). The minimum Gasteiger partial charge on any atom is -0.354 e. The predicted molar refractivity (Wildman–Crippen MR) is 74.3 cm³/mol. The Morgan fingerprint density at radius 1 is 1.32 bits per heavy atom.